The van der Waals surface area contributed by atoms with Gasteiger partial charge in [0.2, 0.25) is 0 Å². The number of thiazole rings is 1. The number of hydrogen-bond donors (Lipinski definition) is 1. The first-order chi connectivity index (χ1) is 7.43. The van der Waals surface area contributed by atoms with Crippen molar-refractivity contribution in [2.24, 2.45) is 0 Å². The summed E-state index contributed by atoms with van der Waals surface area (Å²) in [5.74, 6) is 0.634. The molecule has 2 nitrogen and oxygen atoms in total. The van der Waals surface area contributed by atoms with Crippen LogP contribution in [0, 0.1) is 0 Å². The summed E-state index contributed by atoms with van der Waals surface area (Å²) >= 11 is 3.53. The van der Waals surface area contributed by atoms with Crippen molar-refractivity contribution in [2.45, 2.75) is 12.3 Å². The van der Waals surface area contributed by atoms with Gasteiger partial charge in [0, 0.05) is 17.8 Å². The Bertz CT molecular complexity index is 427. The molecule has 2 aromatic heterocycles. The molecule has 2 aromatic rings. The Hall–Kier alpha value is -0.710. The molecule has 0 amide bonds. The summed E-state index contributed by atoms with van der Waals surface area (Å²) in [5.41, 5.74) is 1.27. The third-order valence-electron chi connectivity index (χ3n) is 2.73. The lowest BCUT2D eigenvalue weighted by Crippen LogP contribution is -2.08. The van der Waals surface area contributed by atoms with Gasteiger partial charge in [-0.05, 0) is 24.4 Å². The monoisotopic (exact) mass is 236 g/mol. The highest BCUT2D eigenvalue weighted by molar-refractivity contribution is 7.20. The molecule has 1 unspecified atom stereocenters. The predicted octanol–water partition coefficient (Wildman–Crippen LogP) is 2.95. The molecule has 15 heavy (non-hydrogen) atoms. The molecule has 1 aliphatic heterocycles. The van der Waals surface area contributed by atoms with E-state index in [-0.39, 0.29) is 0 Å². The average molecular weight is 236 g/mol. The maximum absolute atomic E-state index is 4.72. The summed E-state index contributed by atoms with van der Waals surface area (Å²) in [6.45, 7) is 2.23. The van der Waals surface area contributed by atoms with Crippen LogP contribution in [0.1, 0.15) is 18.0 Å². The highest BCUT2D eigenvalue weighted by Gasteiger charge is 2.19. The van der Waals surface area contributed by atoms with Gasteiger partial charge in [0.1, 0.15) is 5.01 Å². The molecule has 1 saturated heterocycles. The zero-order valence-electron chi connectivity index (χ0n) is 8.27. The fourth-order valence-corrected chi connectivity index (χ4v) is 3.61. The third-order valence-corrected chi connectivity index (χ3v) is 4.63. The average Bonchev–Trinajstić information content (AvgIpc) is 3.02. The lowest BCUT2D eigenvalue weighted by molar-refractivity contribution is 0.742. The van der Waals surface area contributed by atoms with Crippen molar-refractivity contribution in [3.63, 3.8) is 0 Å². The molecule has 78 valence electrons. The maximum atomic E-state index is 4.72. The smallest absolute Gasteiger partial charge is 0.133 e. The van der Waals surface area contributed by atoms with E-state index in [0.717, 1.165) is 13.1 Å². The molecule has 1 aliphatic rings. The van der Waals surface area contributed by atoms with E-state index < -0.39 is 0 Å². The molecular weight excluding hydrogens is 224 g/mol. The predicted molar refractivity (Wildman–Crippen MR) is 65.7 cm³/mol. The van der Waals surface area contributed by atoms with Gasteiger partial charge in [-0.3, -0.25) is 0 Å². The molecule has 4 heteroatoms. The highest BCUT2D eigenvalue weighted by atomic mass is 32.1. The summed E-state index contributed by atoms with van der Waals surface area (Å²) in [7, 11) is 0. The number of hydrogen-bond acceptors (Lipinski definition) is 4. The van der Waals surface area contributed by atoms with Crippen LogP contribution in [-0.2, 0) is 0 Å². The second kappa shape index (κ2) is 4.04. The molecular formula is C11H12N2S2. The van der Waals surface area contributed by atoms with Crippen LogP contribution >= 0.6 is 22.7 Å². The first-order valence-electron chi connectivity index (χ1n) is 5.13. The Balaban J connectivity index is 1.87. The van der Waals surface area contributed by atoms with Gasteiger partial charge in [-0.2, -0.15) is 0 Å². The lowest BCUT2D eigenvalue weighted by Gasteiger charge is -2.01. The molecule has 1 N–H and O–H groups in total. The first-order valence-corrected chi connectivity index (χ1v) is 6.89. The van der Waals surface area contributed by atoms with E-state index in [1.165, 1.54) is 22.0 Å². The van der Waals surface area contributed by atoms with Crippen LogP contribution in [0.25, 0.3) is 9.88 Å². The number of nitrogens with one attached hydrogen (secondary N) is 1. The van der Waals surface area contributed by atoms with Crippen molar-refractivity contribution >= 4 is 22.7 Å². The minimum atomic E-state index is 0.634. The number of aromatic nitrogens is 1. The Kier molecular flexibility index (Phi) is 2.56. The van der Waals surface area contributed by atoms with Crippen LogP contribution in [-0.4, -0.2) is 18.1 Å². The van der Waals surface area contributed by atoms with Crippen molar-refractivity contribution in [2.75, 3.05) is 13.1 Å². The third kappa shape index (κ3) is 1.85. The Labute approximate surface area is 97.0 Å². The number of thiophene rings is 1. The Morgan fingerprint density at radius 3 is 3.13 bits per heavy atom. The van der Waals surface area contributed by atoms with Crippen molar-refractivity contribution in [3.05, 3.63) is 28.6 Å². The zero-order chi connectivity index (χ0) is 10.1. The van der Waals surface area contributed by atoms with E-state index in [1.807, 2.05) is 0 Å². The van der Waals surface area contributed by atoms with E-state index in [4.69, 9.17) is 4.98 Å². The summed E-state index contributed by atoms with van der Waals surface area (Å²) < 4.78 is 0. The Morgan fingerprint density at radius 2 is 2.40 bits per heavy atom. The molecule has 0 radical (unpaired) electrons. The van der Waals surface area contributed by atoms with E-state index in [9.17, 15) is 0 Å². The molecule has 0 spiro atoms. The number of nitrogens with zero attached hydrogens (tertiary/aromatic N) is 1. The van der Waals surface area contributed by atoms with Gasteiger partial charge < -0.3 is 5.32 Å². The van der Waals surface area contributed by atoms with Crippen molar-refractivity contribution in [3.8, 4) is 9.88 Å². The molecule has 0 saturated carbocycles. The van der Waals surface area contributed by atoms with Crippen molar-refractivity contribution < 1.29 is 0 Å². The molecule has 1 fully saturated rings. The largest absolute Gasteiger partial charge is 0.316 e. The maximum Gasteiger partial charge on any atom is 0.133 e. The van der Waals surface area contributed by atoms with Crippen LogP contribution in [0.4, 0.5) is 0 Å². The normalized spacial score (nSPS) is 20.9. The minimum absolute atomic E-state index is 0.634. The van der Waals surface area contributed by atoms with Crippen LogP contribution in [0.5, 0.6) is 0 Å². The van der Waals surface area contributed by atoms with Crippen LogP contribution in [0.2, 0.25) is 0 Å². The highest BCUT2D eigenvalue weighted by Crippen LogP contribution is 2.31. The van der Waals surface area contributed by atoms with Crippen molar-refractivity contribution in [1.29, 1.82) is 0 Å². The van der Waals surface area contributed by atoms with Gasteiger partial charge in [-0.15, -0.1) is 22.7 Å². The van der Waals surface area contributed by atoms with Gasteiger partial charge in [0.15, 0.2) is 0 Å². The van der Waals surface area contributed by atoms with Crippen LogP contribution in [0.3, 0.4) is 0 Å². The fraction of sp³-hybridized carbons (Fsp3) is 0.364. The molecule has 3 rings (SSSR count). The van der Waals surface area contributed by atoms with Crippen LogP contribution < -0.4 is 5.32 Å². The van der Waals surface area contributed by atoms with Crippen molar-refractivity contribution in [1.82, 2.24) is 10.3 Å². The number of rotatable bonds is 2. The summed E-state index contributed by atoms with van der Waals surface area (Å²) in [4.78, 5) is 6.01. The van der Waals surface area contributed by atoms with E-state index in [2.05, 4.69) is 28.2 Å². The van der Waals surface area contributed by atoms with E-state index >= 15 is 0 Å². The Morgan fingerprint density at radius 1 is 1.40 bits per heavy atom. The van der Waals surface area contributed by atoms with E-state index in [1.54, 1.807) is 22.7 Å². The van der Waals surface area contributed by atoms with Gasteiger partial charge in [0.05, 0.1) is 10.6 Å². The van der Waals surface area contributed by atoms with E-state index in [0.29, 0.717) is 5.92 Å². The molecule has 0 bridgehead atoms. The minimum Gasteiger partial charge on any atom is -0.316 e. The molecule has 0 aliphatic carbocycles. The SMILES string of the molecule is c1csc(-c2nc(C3CCNC3)cs2)c1. The molecule has 0 aromatic carbocycles. The summed E-state index contributed by atoms with van der Waals surface area (Å²) in [5, 5.41) is 8.87. The summed E-state index contributed by atoms with van der Waals surface area (Å²) in [6, 6.07) is 4.22. The van der Waals surface area contributed by atoms with Gasteiger partial charge in [0.25, 0.3) is 0 Å². The molecule has 1 atom stereocenters. The standard InChI is InChI=1S/C11H12N2S2/c1-2-10(14-5-1)11-13-9(7-15-11)8-3-4-12-6-8/h1-2,5,7-8,12H,3-4,6H2. The first kappa shape index (κ1) is 9.51. The topological polar surface area (TPSA) is 24.9 Å². The lowest BCUT2D eigenvalue weighted by atomic mass is 10.1. The van der Waals surface area contributed by atoms with Gasteiger partial charge in [-0.1, -0.05) is 6.07 Å². The van der Waals surface area contributed by atoms with Gasteiger partial charge >= 0.3 is 0 Å². The second-order valence-electron chi connectivity index (χ2n) is 3.74. The fourth-order valence-electron chi connectivity index (χ4n) is 1.89. The van der Waals surface area contributed by atoms with Crippen LogP contribution in [0.15, 0.2) is 22.9 Å². The zero-order valence-corrected chi connectivity index (χ0v) is 9.90. The second-order valence-corrected chi connectivity index (χ2v) is 5.55. The molecule has 3 heterocycles. The summed E-state index contributed by atoms with van der Waals surface area (Å²) in [6.07, 6.45) is 1.23. The quantitative estimate of drug-likeness (QED) is 0.867. The van der Waals surface area contributed by atoms with Gasteiger partial charge in [-0.25, -0.2) is 4.98 Å².